The molecule has 6 heteroatoms. The van der Waals surface area contributed by atoms with Crippen LogP contribution in [-0.2, 0) is 24.3 Å². The third-order valence-corrected chi connectivity index (χ3v) is 4.88. The fraction of sp³-hybridized carbons (Fsp3) is 0.190. The van der Waals surface area contributed by atoms with Gasteiger partial charge in [0.05, 0.1) is 18.6 Å². The van der Waals surface area contributed by atoms with E-state index in [1.807, 2.05) is 41.0 Å². The molecule has 0 unspecified atom stereocenters. The van der Waals surface area contributed by atoms with E-state index in [4.69, 9.17) is 0 Å². The van der Waals surface area contributed by atoms with E-state index < -0.39 is 12.0 Å². The molecule has 2 heterocycles. The van der Waals surface area contributed by atoms with Gasteiger partial charge < -0.3 is 14.6 Å². The summed E-state index contributed by atoms with van der Waals surface area (Å²) in [6, 6.07) is 17.8. The van der Waals surface area contributed by atoms with Crippen LogP contribution in [0.25, 0.3) is 0 Å². The molecule has 2 aromatic carbocycles. The van der Waals surface area contributed by atoms with Gasteiger partial charge >= 0.3 is 5.97 Å². The lowest BCUT2D eigenvalue weighted by Crippen LogP contribution is -2.49. The molecule has 27 heavy (non-hydrogen) atoms. The molecule has 1 N–H and O–H groups in total. The minimum absolute atomic E-state index is 0.196. The molecule has 0 spiro atoms. The standard InChI is InChI=1S/C21H19N3O3/c25-20(16-9-5-2-6-10-16)24-13-17-18(11-19(24)21(26)27)23(14-22-17)12-15-7-3-1-4-8-15/h1-10,14,19H,11-13H2,(H,26,27)/t19-/m1/s1. The number of nitrogens with zero attached hydrogens (tertiary/aromatic N) is 3. The van der Waals surface area contributed by atoms with Crippen LogP contribution in [0.4, 0.5) is 0 Å². The fourth-order valence-corrected chi connectivity index (χ4v) is 3.48. The Morgan fingerprint density at radius 2 is 1.70 bits per heavy atom. The van der Waals surface area contributed by atoms with Crippen molar-refractivity contribution >= 4 is 11.9 Å². The maximum Gasteiger partial charge on any atom is 0.326 e. The first-order chi connectivity index (χ1) is 13.1. The van der Waals surface area contributed by atoms with Crippen molar-refractivity contribution in [3.8, 4) is 0 Å². The van der Waals surface area contributed by atoms with Gasteiger partial charge in [0, 0.05) is 24.2 Å². The Morgan fingerprint density at radius 3 is 2.37 bits per heavy atom. The highest BCUT2D eigenvalue weighted by atomic mass is 16.4. The largest absolute Gasteiger partial charge is 0.480 e. The van der Waals surface area contributed by atoms with Crippen LogP contribution >= 0.6 is 0 Å². The van der Waals surface area contributed by atoms with Crippen LogP contribution in [0.3, 0.4) is 0 Å². The number of carboxylic acids is 1. The van der Waals surface area contributed by atoms with Crippen molar-refractivity contribution in [2.75, 3.05) is 0 Å². The van der Waals surface area contributed by atoms with Crippen LogP contribution in [0.15, 0.2) is 67.0 Å². The molecule has 1 aliphatic heterocycles. The van der Waals surface area contributed by atoms with Crippen LogP contribution in [0.1, 0.15) is 27.3 Å². The molecule has 0 saturated heterocycles. The first kappa shape index (κ1) is 17.0. The second-order valence-corrected chi connectivity index (χ2v) is 6.61. The lowest BCUT2D eigenvalue weighted by Gasteiger charge is -2.33. The smallest absolute Gasteiger partial charge is 0.326 e. The number of benzene rings is 2. The quantitative estimate of drug-likeness (QED) is 0.775. The third-order valence-electron chi connectivity index (χ3n) is 4.88. The van der Waals surface area contributed by atoms with Gasteiger partial charge in [0.1, 0.15) is 6.04 Å². The SMILES string of the molecule is O=C(O)[C@H]1Cc2c(ncn2Cc2ccccc2)CN1C(=O)c1ccccc1. The molecule has 1 amide bonds. The van der Waals surface area contributed by atoms with Gasteiger partial charge in [0.2, 0.25) is 0 Å². The number of carbonyl (C=O) groups excluding carboxylic acids is 1. The van der Waals surface area contributed by atoms with Gasteiger partial charge in [-0.3, -0.25) is 4.79 Å². The van der Waals surface area contributed by atoms with E-state index in [9.17, 15) is 14.7 Å². The Balaban J connectivity index is 1.64. The summed E-state index contributed by atoms with van der Waals surface area (Å²) in [6.45, 7) is 0.823. The molecular weight excluding hydrogens is 342 g/mol. The average Bonchev–Trinajstić information content (AvgIpc) is 3.09. The maximum absolute atomic E-state index is 12.9. The highest BCUT2D eigenvalue weighted by molar-refractivity contribution is 5.96. The maximum atomic E-state index is 12.9. The molecule has 4 rings (SSSR count). The second kappa shape index (κ2) is 7.07. The number of imidazole rings is 1. The number of aromatic nitrogens is 2. The molecule has 136 valence electrons. The number of hydrogen-bond donors (Lipinski definition) is 1. The summed E-state index contributed by atoms with van der Waals surface area (Å²) in [6.07, 6.45) is 1.98. The molecular formula is C21H19N3O3. The summed E-state index contributed by atoms with van der Waals surface area (Å²) in [5.41, 5.74) is 3.24. The molecule has 0 aliphatic carbocycles. The number of carbonyl (C=O) groups is 2. The number of hydrogen-bond acceptors (Lipinski definition) is 3. The van der Waals surface area contributed by atoms with Crippen molar-refractivity contribution in [2.45, 2.75) is 25.6 Å². The first-order valence-corrected chi connectivity index (χ1v) is 8.79. The molecule has 0 fully saturated rings. The predicted octanol–water partition coefficient (Wildman–Crippen LogP) is 2.58. The molecule has 0 bridgehead atoms. The summed E-state index contributed by atoms with van der Waals surface area (Å²) in [4.78, 5) is 30.6. The predicted molar refractivity (Wildman–Crippen MR) is 99.2 cm³/mol. The van der Waals surface area contributed by atoms with E-state index in [0.717, 1.165) is 17.0 Å². The summed E-state index contributed by atoms with van der Waals surface area (Å²) < 4.78 is 1.98. The molecule has 0 saturated carbocycles. The summed E-state index contributed by atoms with van der Waals surface area (Å²) in [7, 11) is 0. The number of amides is 1. The van der Waals surface area contributed by atoms with Crippen molar-refractivity contribution in [1.82, 2.24) is 14.5 Å². The normalized spacial score (nSPS) is 16.0. The summed E-state index contributed by atoms with van der Waals surface area (Å²) in [5.74, 6) is -1.29. The van der Waals surface area contributed by atoms with Crippen molar-refractivity contribution in [2.24, 2.45) is 0 Å². The monoisotopic (exact) mass is 361 g/mol. The minimum Gasteiger partial charge on any atom is -0.480 e. The van der Waals surface area contributed by atoms with Crippen molar-refractivity contribution in [3.63, 3.8) is 0 Å². The van der Waals surface area contributed by atoms with Gasteiger partial charge in [-0.25, -0.2) is 9.78 Å². The Morgan fingerprint density at radius 1 is 1.04 bits per heavy atom. The van der Waals surface area contributed by atoms with Crippen molar-refractivity contribution in [3.05, 3.63) is 89.5 Å². The Bertz CT molecular complexity index is 967. The highest BCUT2D eigenvalue weighted by Gasteiger charge is 2.37. The Labute approximate surface area is 156 Å². The summed E-state index contributed by atoms with van der Waals surface area (Å²) >= 11 is 0. The van der Waals surface area contributed by atoms with Gasteiger partial charge in [0.15, 0.2) is 0 Å². The zero-order chi connectivity index (χ0) is 18.8. The van der Waals surface area contributed by atoms with Gasteiger partial charge in [-0.2, -0.15) is 0 Å². The molecule has 3 aromatic rings. The summed E-state index contributed by atoms with van der Waals surface area (Å²) in [5, 5.41) is 9.72. The van der Waals surface area contributed by atoms with Gasteiger partial charge in [-0.05, 0) is 17.7 Å². The van der Waals surface area contributed by atoms with E-state index >= 15 is 0 Å². The van der Waals surface area contributed by atoms with Crippen LogP contribution in [-0.4, -0.2) is 37.5 Å². The van der Waals surface area contributed by atoms with Crippen LogP contribution < -0.4 is 0 Å². The second-order valence-electron chi connectivity index (χ2n) is 6.61. The van der Waals surface area contributed by atoms with E-state index in [0.29, 0.717) is 12.1 Å². The van der Waals surface area contributed by atoms with E-state index in [2.05, 4.69) is 4.98 Å². The fourth-order valence-electron chi connectivity index (χ4n) is 3.48. The van der Waals surface area contributed by atoms with Crippen LogP contribution in [0.5, 0.6) is 0 Å². The Hall–Kier alpha value is -3.41. The molecule has 1 aliphatic rings. The number of rotatable bonds is 4. The minimum atomic E-state index is -1.00. The van der Waals surface area contributed by atoms with Crippen molar-refractivity contribution < 1.29 is 14.7 Å². The molecule has 6 nitrogen and oxygen atoms in total. The number of aliphatic carboxylic acids is 1. The highest BCUT2D eigenvalue weighted by Crippen LogP contribution is 2.25. The van der Waals surface area contributed by atoms with Gasteiger partial charge in [0.25, 0.3) is 5.91 Å². The number of fused-ring (bicyclic) bond motifs is 1. The van der Waals surface area contributed by atoms with Gasteiger partial charge in [-0.1, -0.05) is 48.5 Å². The molecule has 0 radical (unpaired) electrons. The average molecular weight is 361 g/mol. The zero-order valence-corrected chi connectivity index (χ0v) is 14.7. The van der Waals surface area contributed by atoms with E-state index in [-0.39, 0.29) is 18.9 Å². The lowest BCUT2D eigenvalue weighted by atomic mass is 10.0. The van der Waals surface area contributed by atoms with Crippen LogP contribution in [0.2, 0.25) is 0 Å². The number of carboxylic acid groups (broad SMARTS) is 1. The lowest BCUT2D eigenvalue weighted by molar-refractivity contribution is -0.142. The van der Waals surface area contributed by atoms with E-state index in [1.165, 1.54) is 4.90 Å². The topological polar surface area (TPSA) is 75.4 Å². The third kappa shape index (κ3) is 3.33. The van der Waals surface area contributed by atoms with Gasteiger partial charge in [-0.15, -0.1) is 0 Å². The van der Waals surface area contributed by atoms with Crippen molar-refractivity contribution in [1.29, 1.82) is 0 Å². The van der Waals surface area contributed by atoms with E-state index in [1.54, 1.807) is 30.6 Å². The Kier molecular flexibility index (Phi) is 4.46. The van der Waals surface area contributed by atoms with Crippen LogP contribution in [0, 0.1) is 0 Å². The molecule has 1 aromatic heterocycles. The zero-order valence-electron chi connectivity index (χ0n) is 14.7. The first-order valence-electron chi connectivity index (χ1n) is 8.79. The molecule has 1 atom stereocenters.